The van der Waals surface area contributed by atoms with Crippen molar-refractivity contribution in [3.8, 4) is 11.5 Å². The van der Waals surface area contributed by atoms with E-state index in [1.54, 1.807) is 12.1 Å². The van der Waals surface area contributed by atoms with E-state index in [-0.39, 0.29) is 23.1 Å². The van der Waals surface area contributed by atoms with Gasteiger partial charge in [-0.15, -0.1) is 0 Å². The van der Waals surface area contributed by atoms with Crippen LogP contribution in [-0.4, -0.2) is 11.1 Å². The maximum absolute atomic E-state index is 11.8. The maximum Gasteiger partial charge on any atom is 0.314 e. The summed E-state index contributed by atoms with van der Waals surface area (Å²) < 4.78 is 5.18. The van der Waals surface area contributed by atoms with E-state index in [0.717, 1.165) is 0 Å². The fraction of sp³-hybridized carbons (Fsp3) is 0.462. The molecular formula is C13H18O3. The molecule has 0 spiro atoms. The lowest BCUT2D eigenvalue weighted by Gasteiger charge is -2.25. The van der Waals surface area contributed by atoms with Gasteiger partial charge in [-0.05, 0) is 17.5 Å². The average molecular weight is 222 g/mol. The summed E-state index contributed by atoms with van der Waals surface area (Å²) in [6.45, 7) is 7.80. The summed E-state index contributed by atoms with van der Waals surface area (Å²) in [6, 6.07) is 6.24. The Hall–Kier alpha value is -1.51. The highest BCUT2D eigenvalue weighted by atomic mass is 16.5. The molecule has 0 saturated heterocycles. The molecule has 3 nitrogen and oxygen atoms in total. The molecule has 0 bridgehead atoms. The maximum atomic E-state index is 11.8. The van der Waals surface area contributed by atoms with Crippen molar-refractivity contribution >= 4 is 5.97 Å². The molecule has 0 fully saturated rings. The van der Waals surface area contributed by atoms with Crippen molar-refractivity contribution in [2.45, 2.75) is 27.7 Å². The van der Waals surface area contributed by atoms with Gasteiger partial charge >= 0.3 is 5.97 Å². The molecule has 1 N–H and O–H groups in total. The molecule has 1 rings (SSSR count). The zero-order chi connectivity index (χ0) is 12.3. The molecule has 0 amide bonds. The number of benzene rings is 1. The Balaban J connectivity index is 2.72. The van der Waals surface area contributed by atoms with Crippen molar-refractivity contribution in [1.82, 2.24) is 0 Å². The van der Waals surface area contributed by atoms with E-state index < -0.39 is 0 Å². The highest BCUT2D eigenvalue weighted by molar-refractivity contribution is 5.75. The molecular weight excluding hydrogens is 204 g/mol. The average Bonchev–Trinajstić information content (AvgIpc) is 2.15. The summed E-state index contributed by atoms with van der Waals surface area (Å²) in [6.07, 6.45) is 0. The van der Waals surface area contributed by atoms with Crippen LogP contribution < -0.4 is 4.74 Å². The van der Waals surface area contributed by atoms with Crippen molar-refractivity contribution < 1.29 is 14.6 Å². The molecule has 1 atom stereocenters. The van der Waals surface area contributed by atoms with Crippen LogP contribution in [0.1, 0.15) is 27.7 Å². The Labute approximate surface area is 96.1 Å². The van der Waals surface area contributed by atoms with E-state index in [4.69, 9.17) is 4.74 Å². The Morgan fingerprint density at radius 1 is 1.38 bits per heavy atom. The van der Waals surface area contributed by atoms with Crippen LogP contribution in [0.4, 0.5) is 0 Å². The van der Waals surface area contributed by atoms with E-state index in [9.17, 15) is 9.90 Å². The number of hydrogen-bond donors (Lipinski definition) is 1. The third-order valence-electron chi connectivity index (χ3n) is 2.69. The minimum Gasteiger partial charge on any atom is -0.508 e. The van der Waals surface area contributed by atoms with Gasteiger partial charge in [0.25, 0.3) is 0 Å². The first kappa shape index (κ1) is 12.6. The van der Waals surface area contributed by atoms with Crippen molar-refractivity contribution in [3.63, 3.8) is 0 Å². The van der Waals surface area contributed by atoms with Crippen LogP contribution in [0.5, 0.6) is 11.5 Å². The molecule has 0 aliphatic heterocycles. The lowest BCUT2D eigenvalue weighted by molar-refractivity contribution is -0.141. The van der Waals surface area contributed by atoms with E-state index in [2.05, 4.69) is 0 Å². The van der Waals surface area contributed by atoms with Crippen LogP contribution >= 0.6 is 0 Å². The molecule has 3 heteroatoms. The molecule has 0 aliphatic carbocycles. The first-order chi connectivity index (χ1) is 7.30. The van der Waals surface area contributed by atoms with Crippen LogP contribution in [0.25, 0.3) is 0 Å². The fourth-order valence-corrected chi connectivity index (χ4v) is 1.11. The predicted molar refractivity (Wildman–Crippen MR) is 62.4 cm³/mol. The summed E-state index contributed by atoms with van der Waals surface area (Å²) in [7, 11) is 0. The molecule has 0 radical (unpaired) electrons. The first-order valence-electron chi connectivity index (χ1n) is 5.31. The standard InChI is InChI=1S/C13H18O3/c1-9(13(2,3)4)12(15)16-11-7-5-6-10(14)8-11/h5-9,14H,1-4H3. The lowest BCUT2D eigenvalue weighted by atomic mass is 9.82. The second kappa shape index (κ2) is 4.56. The molecule has 0 heterocycles. The van der Waals surface area contributed by atoms with Gasteiger partial charge in [0.15, 0.2) is 0 Å². The number of carbonyl (C=O) groups excluding carboxylic acids is 1. The van der Waals surface area contributed by atoms with E-state index in [1.165, 1.54) is 12.1 Å². The highest BCUT2D eigenvalue weighted by Crippen LogP contribution is 2.27. The SMILES string of the molecule is CC(C(=O)Oc1cccc(O)c1)C(C)(C)C. The molecule has 16 heavy (non-hydrogen) atoms. The van der Waals surface area contributed by atoms with Crippen molar-refractivity contribution in [2.24, 2.45) is 11.3 Å². The summed E-state index contributed by atoms with van der Waals surface area (Å²) in [5.74, 6) is -0.0113. The normalized spacial score (nSPS) is 13.2. The summed E-state index contributed by atoms with van der Waals surface area (Å²) >= 11 is 0. The monoisotopic (exact) mass is 222 g/mol. The zero-order valence-corrected chi connectivity index (χ0v) is 10.2. The second-order valence-electron chi connectivity index (χ2n) is 5.01. The van der Waals surface area contributed by atoms with Crippen molar-refractivity contribution in [2.75, 3.05) is 0 Å². The topological polar surface area (TPSA) is 46.5 Å². The number of phenols is 1. The van der Waals surface area contributed by atoms with Gasteiger partial charge in [0.05, 0.1) is 5.92 Å². The first-order valence-corrected chi connectivity index (χ1v) is 5.31. The van der Waals surface area contributed by atoms with Gasteiger partial charge < -0.3 is 9.84 Å². The minimum atomic E-state index is -0.280. The largest absolute Gasteiger partial charge is 0.508 e. The van der Waals surface area contributed by atoms with Crippen molar-refractivity contribution in [3.05, 3.63) is 24.3 Å². The smallest absolute Gasteiger partial charge is 0.314 e. The van der Waals surface area contributed by atoms with Crippen LogP contribution in [0.2, 0.25) is 0 Å². The van der Waals surface area contributed by atoms with Gasteiger partial charge in [-0.2, -0.15) is 0 Å². The summed E-state index contributed by atoms with van der Waals surface area (Å²) in [5.41, 5.74) is -0.131. The number of hydrogen-bond acceptors (Lipinski definition) is 3. The van der Waals surface area contributed by atoms with E-state index in [0.29, 0.717) is 5.75 Å². The van der Waals surface area contributed by atoms with Crippen LogP contribution in [-0.2, 0) is 4.79 Å². The molecule has 88 valence electrons. The number of aromatic hydroxyl groups is 1. The fourth-order valence-electron chi connectivity index (χ4n) is 1.11. The Kier molecular flexibility index (Phi) is 3.58. The quantitative estimate of drug-likeness (QED) is 0.618. The third kappa shape index (κ3) is 3.26. The summed E-state index contributed by atoms with van der Waals surface area (Å²) in [4.78, 5) is 11.8. The van der Waals surface area contributed by atoms with E-state index >= 15 is 0 Å². The Morgan fingerprint density at radius 3 is 2.50 bits per heavy atom. The van der Waals surface area contributed by atoms with Crippen LogP contribution in [0, 0.1) is 11.3 Å². The zero-order valence-electron chi connectivity index (χ0n) is 10.2. The van der Waals surface area contributed by atoms with Crippen molar-refractivity contribution in [1.29, 1.82) is 0 Å². The molecule has 0 aliphatic rings. The number of phenolic OH excluding ortho intramolecular Hbond substituents is 1. The third-order valence-corrected chi connectivity index (χ3v) is 2.69. The van der Waals surface area contributed by atoms with E-state index in [1.807, 2.05) is 27.7 Å². The minimum absolute atomic E-state index is 0.0914. The number of rotatable bonds is 2. The number of carbonyl (C=O) groups is 1. The van der Waals surface area contributed by atoms with Gasteiger partial charge in [-0.3, -0.25) is 4.79 Å². The van der Waals surface area contributed by atoms with Gasteiger partial charge in [0.1, 0.15) is 11.5 Å². The van der Waals surface area contributed by atoms with Crippen LogP contribution in [0.15, 0.2) is 24.3 Å². The molecule has 1 aromatic carbocycles. The molecule has 1 aromatic rings. The Bertz CT molecular complexity index is 377. The Morgan fingerprint density at radius 2 is 2.00 bits per heavy atom. The van der Waals surface area contributed by atoms with Gasteiger partial charge in [0.2, 0.25) is 0 Å². The van der Waals surface area contributed by atoms with Crippen LogP contribution in [0.3, 0.4) is 0 Å². The second-order valence-corrected chi connectivity index (χ2v) is 5.01. The molecule has 1 unspecified atom stereocenters. The molecule has 0 saturated carbocycles. The summed E-state index contributed by atoms with van der Waals surface area (Å²) in [5, 5.41) is 9.23. The van der Waals surface area contributed by atoms with Gasteiger partial charge in [0, 0.05) is 6.07 Å². The van der Waals surface area contributed by atoms with Gasteiger partial charge in [-0.1, -0.05) is 33.8 Å². The van der Waals surface area contributed by atoms with Gasteiger partial charge in [-0.25, -0.2) is 0 Å². The highest BCUT2D eigenvalue weighted by Gasteiger charge is 2.28. The number of ether oxygens (including phenoxy) is 1. The predicted octanol–water partition coefficient (Wildman–Crippen LogP) is 2.98. The molecule has 0 aromatic heterocycles. The lowest BCUT2D eigenvalue weighted by Crippen LogP contribution is -2.29. The number of esters is 1.